The highest BCUT2D eigenvalue weighted by atomic mass is 16.7. The first kappa shape index (κ1) is 11.2. The average Bonchev–Trinajstić information content (AvgIpc) is 2.30. The van der Waals surface area contributed by atoms with Crippen molar-refractivity contribution in [3.63, 3.8) is 0 Å². The van der Waals surface area contributed by atoms with Gasteiger partial charge < -0.3 is 9.47 Å². The van der Waals surface area contributed by atoms with Crippen LogP contribution in [0.5, 0.6) is 0 Å². The summed E-state index contributed by atoms with van der Waals surface area (Å²) >= 11 is 0. The Morgan fingerprint density at radius 3 is 2.50 bits per heavy atom. The van der Waals surface area contributed by atoms with E-state index in [0.717, 1.165) is 5.76 Å². The maximum absolute atomic E-state index is 5.70. The monoisotopic (exact) mass is 218 g/mol. The van der Waals surface area contributed by atoms with Gasteiger partial charge in [-0.3, -0.25) is 0 Å². The molecule has 1 heterocycles. The smallest absolute Gasteiger partial charge is 0.201 e. The van der Waals surface area contributed by atoms with Gasteiger partial charge in [0.15, 0.2) is 0 Å². The van der Waals surface area contributed by atoms with Crippen LogP contribution in [0, 0.1) is 5.92 Å². The first-order valence-corrected chi connectivity index (χ1v) is 5.70. The molecule has 2 nitrogen and oxygen atoms in total. The van der Waals surface area contributed by atoms with Crippen molar-refractivity contribution >= 4 is 0 Å². The molecule has 2 atom stereocenters. The van der Waals surface area contributed by atoms with E-state index in [2.05, 4.69) is 32.6 Å². The lowest BCUT2D eigenvalue weighted by molar-refractivity contribution is -0.176. The molecule has 0 unspecified atom stereocenters. The van der Waals surface area contributed by atoms with Gasteiger partial charge in [0.2, 0.25) is 6.29 Å². The van der Waals surface area contributed by atoms with Crippen LogP contribution in [0.3, 0.4) is 0 Å². The van der Waals surface area contributed by atoms with Gasteiger partial charge in [-0.15, -0.1) is 0 Å². The quantitative estimate of drug-likeness (QED) is 0.758. The van der Waals surface area contributed by atoms with E-state index in [1.54, 1.807) is 0 Å². The number of hydrogen-bond acceptors (Lipinski definition) is 2. The fraction of sp³-hybridized carbons (Fsp3) is 0.429. The molecule has 1 aliphatic rings. The summed E-state index contributed by atoms with van der Waals surface area (Å²) in [6, 6.07) is 10.2. The Hall–Kier alpha value is -1.28. The fourth-order valence-corrected chi connectivity index (χ4v) is 1.85. The van der Waals surface area contributed by atoms with E-state index < -0.39 is 0 Å². The van der Waals surface area contributed by atoms with E-state index in [4.69, 9.17) is 9.47 Å². The second-order valence-corrected chi connectivity index (χ2v) is 4.49. The highest BCUT2D eigenvalue weighted by Crippen LogP contribution is 2.31. The van der Waals surface area contributed by atoms with E-state index >= 15 is 0 Å². The Labute approximate surface area is 96.9 Å². The van der Waals surface area contributed by atoms with Crippen LogP contribution in [0.1, 0.15) is 25.3 Å². The summed E-state index contributed by atoms with van der Waals surface area (Å²) in [4.78, 5) is 0. The zero-order chi connectivity index (χ0) is 11.5. The van der Waals surface area contributed by atoms with Crippen LogP contribution < -0.4 is 0 Å². The maximum atomic E-state index is 5.70. The second-order valence-electron chi connectivity index (χ2n) is 4.49. The molecule has 0 bridgehead atoms. The van der Waals surface area contributed by atoms with Gasteiger partial charge in [-0.05, 0) is 5.56 Å². The molecule has 0 spiro atoms. The second kappa shape index (κ2) is 4.71. The lowest BCUT2D eigenvalue weighted by Gasteiger charge is -2.33. The lowest BCUT2D eigenvalue weighted by atomic mass is 9.97. The number of benzene rings is 1. The molecule has 1 aromatic carbocycles. The van der Waals surface area contributed by atoms with Crippen LogP contribution in [0.4, 0.5) is 0 Å². The highest BCUT2D eigenvalue weighted by Gasteiger charge is 2.28. The molecule has 0 N–H and O–H groups in total. The SMILES string of the molecule is C=C1O[C@@H](C(C)C)OC[C@H]1c1ccccc1. The fourth-order valence-electron chi connectivity index (χ4n) is 1.85. The van der Waals surface area contributed by atoms with Crippen LogP contribution in [0.2, 0.25) is 0 Å². The van der Waals surface area contributed by atoms with E-state index in [-0.39, 0.29) is 12.2 Å². The minimum absolute atomic E-state index is 0.146. The van der Waals surface area contributed by atoms with Gasteiger partial charge >= 0.3 is 0 Å². The maximum Gasteiger partial charge on any atom is 0.201 e. The molecule has 86 valence electrons. The van der Waals surface area contributed by atoms with Crippen molar-refractivity contribution in [3.8, 4) is 0 Å². The van der Waals surface area contributed by atoms with Crippen molar-refractivity contribution in [3.05, 3.63) is 48.2 Å². The third kappa shape index (κ3) is 2.27. The molecular formula is C14H18O2. The van der Waals surface area contributed by atoms with Gasteiger partial charge in [0.1, 0.15) is 5.76 Å². The zero-order valence-electron chi connectivity index (χ0n) is 9.85. The molecule has 2 rings (SSSR count). The molecule has 1 fully saturated rings. The molecule has 0 radical (unpaired) electrons. The largest absolute Gasteiger partial charge is 0.469 e. The predicted octanol–water partition coefficient (Wildman–Crippen LogP) is 3.31. The highest BCUT2D eigenvalue weighted by molar-refractivity contribution is 5.26. The first-order valence-electron chi connectivity index (χ1n) is 5.70. The van der Waals surface area contributed by atoms with Gasteiger partial charge in [0.25, 0.3) is 0 Å². The Bertz CT molecular complexity index is 356. The Morgan fingerprint density at radius 1 is 1.25 bits per heavy atom. The summed E-state index contributed by atoms with van der Waals surface area (Å²) in [5.74, 6) is 1.33. The van der Waals surface area contributed by atoms with Crippen molar-refractivity contribution in [2.24, 2.45) is 5.92 Å². The molecule has 0 amide bonds. The number of rotatable bonds is 2. The molecule has 1 aromatic rings. The first-order chi connectivity index (χ1) is 7.68. The van der Waals surface area contributed by atoms with E-state index in [1.165, 1.54) is 5.56 Å². The minimum Gasteiger partial charge on any atom is -0.469 e. The van der Waals surface area contributed by atoms with Crippen molar-refractivity contribution in [1.82, 2.24) is 0 Å². The van der Waals surface area contributed by atoms with Gasteiger partial charge in [0, 0.05) is 5.92 Å². The third-order valence-corrected chi connectivity index (χ3v) is 2.83. The summed E-state index contributed by atoms with van der Waals surface area (Å²) in [5, 5.41) is 0. The Kier molecular flexibility index (Phi) is 3.30. The Balaban J connectivity index is 2.08. The summed E-state index contributed by atoms with van der Waals surface area (Å²) in [7, 11) is 0. The van der Waals surface area contributed by atoms with Crippen LogP contribution in [-0.2, 0) is 9.47 Å². The summed E-state index contributed by atoms with van der Waals surface area (Å²) in [6.45, 7) is 8.83. The normalized spacial score (nSPS) is 25.6. The van der Waals surface area contributed by atoms with Crippen molar-refractivity contribution < 1.29 is 9.47 Å². The van der Waals surface area contributed by atoms with Gasteiger partial charge in [-0.2, -0.15) is 0 Å². The van der Waals surface area contributed by atoms with Crippen LogP contribution in [0.15, 0.2) is 42.7 Å². The minimum atomic E-state index is -0.146. The lowest BCUT2D eigenvalue weighted by Crippen LogP contribution is -2.32. The van der Waals surface area contributed by atoms with Gasteiger partial charge in [-0.1, -0.05) is 50.8 Å². The standard InChI is InChI=1S/C14H18O2/c1-10(2)14-15-9-13(11(3)16-14)12-7-5-4-6-8-12/h4-8,10,13-14H,3,9H2,1-2H3/t13-,14+/m1/s1. The van der Waals surface area contributed by atoms with Gasteiger partial charge in [-0.25, -0.2) is 0 Å². The zero-order valence-corrected chi connectivity index (χ0v) is 9.85. The number of ether oxygens (including phenoxy) is 2. The summed E-state index contributed by atoms with van der Waals surface area (Å²) < 4.78 is 11.4. The molecule has 16 heavy (non-hydrogen) atoms. The average molecular weight is 218 g/mol. The van der Waals surface area contributed by atoms with E-state index in [1.807, 2.05) is 18.2 Å². The molecule has 2 heteroatoms. The third-order valence-electron chi connectivity index (χ3n) is 2.83. The molecule has 1 saturated heterocycles. The van der Waals surface area contributed by atoms with Crippen LogP contribution >= 0.6 is 0 Å². The van der Waals surface area contributed by atoms with Crippen LogP contribution in [-0.4, -0.2) is 12.9 Å². The number of hydrogen-bond donors (Lipinski definition) is 0. The molecule has 0 aromatic heterocycles. The molecular weight excluding hydrogens is 200 g/mol. The Morgan fingerprint density at radius 2 is 1.94 bits per heavy atom. The topological polar surface area (TPSA) is 18.5 Å². The predicted molar refractivity (Wildman–Crippen MR) is 64.0 cm³/mol. The van der Waals surface area contributed by atoms with E-state index in [9.17, 15) is 0 Å². The summed E-state index contributed by atoms with van der Waals surface area (Å²) in [5.41, 5.74) is 1.20. The molecule has 1 aliphatic heterocycles. The molecule has 0 saturated carbocycles. The van der Waals surface area contributed by atoms with E-state index in [0.29, 0.717) is 12.5 Å². The van der Waals surface area contributed by atoms with Crippen molar-refractivity contribution in [1.29, 1.82) is 0 Å². The van der Waals surface area contributed by atoms with Crippen LogP contribution in [0.25, 0.3) is 0 Å². The summed E-state index contributed by atoms with van der Waals surface area (Å²) in [6.07, 6.45) is -0.146. The molecule has 0 aliphatic carbocycles. The van der Waals surface area contributed by atoms with Crippen molar-refractivity contribution in [2.45, 2.75) is 26.1 Å². The van der Waals surface area contributed by atoms with Crippen molar-refractivity contribution in [2.75, 3.05) is 6.61 Å². The van der Waals surface area contributed by atoms with Gasteiger partial charge in [0.05, 0.1) is 12.5 Å².